The third-order valence-electron chi connectivity index (χ3n) is 3.53. The van der Waals surface area contributed by atoms with Crippen molar-refractivity contribution in [2.24, 2.45) is 5.92 Å². The molecule has 1 N–H and O–H groups in total. The number of aryl methyl sites for hydroxylation is 1. The number of amides is 1. The fourth-order valence-corrected chi connectivity index (χ4v) is 3.52. The summed E-state index contributed by atoms with van der Waals surface area (Å²) < 4.78 is 0. The van der Waals surface area contributed by atoms with Gasteiger partial charge in [-0.15, -0.1) is 11.3 Å². The predicted molar refractivity (Wildman–Crippen MR) is 81.8 cm³/mol. The summed E-state index contributed by atoms with van der Waals surface area (Å²) in [6.07, 6.45) is -0.458. The molecule has 0 radical (unpaired) electrons. The van der Waals surface area contributed by atoms with Gasteiger partial charge in [0, 0.05) is 31.1 Å². The van der Waals surface area contributed by atoms with Crippen LogP contribution < -0.4 is 0 Å². The number of aliphatic hydroxyl groups excluding tert-OH is 1. The van der Waals surface area contributed by atoms with Gasteiger partial charge in [-0.2, -0.15) is 0 Å². The van der Waals surface area contributed by atoms with E-state index in [9.17, 15) is 9.90 Å². The first-order valence-electron chi connectivity index (χ1n) is 7.17. The minimum atomic E-state index is -0.458. The van der Waals surface area contributed by atoms with E-state index in [1.807, 2.05) is 0 Å². The van der Waals surface area contributed by atoms with Crippen LogP contribution in [0.5, 0.6) is 0 Å². The number of nitrogens with zero attached hydrogens (tertiary/aromatic N) is 2. The first-order valence-corrected chi connectivity index (χ1v) is 8.05. The molecule has 112 valence electrons. The van der Waals surface area contributed by atoms with E-state index in [0.717, 1.165) is 13.1 Å². The number of β-amino-alcohol motifs (C(OH)–C–C–N with tert-alkyl or cyclic N) is 1. The van der Waals surface area contributed by atoms with Crippen molar-refractivity contribution in [2.45, 2.75) is 33.4 Å². The molecule has 2 rings (SSSR count). The van der Waals surface area contributed by atoms with Gasteiger partial charge >= 0.3 is 0 Å². The number of rotatable bonds is 4. The fourth-order valence-electron chi connectivity index (χ4n) is 2.57. The zero-order valence-corrected chi connectivity index (χ0v) is 13.3. The number of hydrogen-bond donors (Lipinski definition) is 1. The van der Waals surface area contributed by atoms with Gasteiger partial charge in [-0.05, 0) is 29.9 Å². The lowest BCUT2D eigenvalue weighted by Crippen LogP contribution is -2.39. The third-order valence-corrected chi connectivity index (χ3v) is 4.54. The van der Waals surface area contributed by atoms with Crippen molar-refractivity contribution < 1.29 is 9.90 Å². The summed E-state index contributed by atoms with van der Waals surface area (Å²) in [5.41, 5.74) is 1.26. The van der Waals surface area contributed by atoms with Gasteiger partial charge in [-0.25, -0.2) is 0 Å². The molecule has 1 unspecified atom stereocenters. The van der Waals surface area contributed by atoms with Crippen molar-refractivity contribution in [3.63, 3.8) is 0 Å². The van der Waals surface area contributed by atoms with Gasteiger partial charge in [0.05, 0.1) is 12.6 Å². The average Bonchev–Trinajstić information content (AvgIpc) is 2.67. The maximum atomic E-state index is 12.3. The largest absolute Gasteiger partial charge is 0.390 e. The summed E-state index contributed by atoms with van der Waals surface area (Å²) in [6.45, 7) is 9.18. The Morgan fingerprint density at radius 3 is 2.80 bits per heavy atom. The Morgan fingerprint density at radius 1 is 1.45 bits per heavy atom. The summed E-state index contributed by atoms with van der Waals surface area (Å²) in [5.74, 6) is 0.557. The molecule has 0 spiro atoms. The van der Waals surface area contributed by atoms with E-state index in [4.69, 9.17) is 0 Å². The first-order chi connectivity index (χ1) is 9.45. The molecule has 1 atom stereocenters. The molecule has 0 saturated carbocycles. The van der Waals surface area contributed by atoms with Gasteiger partial charge in [0.2, 0.25) is 5.91 Å². The van der Waals surface area contributed by atoms with Gasteiger partial charge in [0.25, 0.3) is 0 Å². The molecule has 2 heterocycles. The maximum Gasteiger partial charge on any atom is 0.236 e. The Labute approximate surface area is 125 Å². The molecule has 1 fully saturated rings. The van der Waals surface area contributed by atoms with Crippen molar-refractivity contribution in [2.75, 3.05) is 26.2 Å². The second-order valence-electron chi connectivity index (χ2n) is 6.04. The summed E-state index contributed by atoms with van der Waals surface area (Å²) >= 11 is 1.72. The Hall–Kier alpha value is -0.910. The molecule has 1 aliphatic rings. The van der Waals surface area contributed by atoms with Gasteiger partial charge in [-0.3, -0.25) is 9.69 Å². The van der Waals surface area contributed by atoms with E-state index in [1.165, 1.54) is 10.4 Å². The number of hydrogen-bond acceptors (Lipinski definition) is 4. The van der Waals surface area contributed by atoms with Crippen LogP contribution in [0, 0.1) is 12.8 Å². The van der Waals surface area contributed by atoms with E-state index >= 15 is 0 Å². The lowest BCUT2D eigenvalue weighted by molar-refractivity contribution is -0.132. The zero-order chi connectivity index (χ0) is 14.7. The van der Waals surface area contributed by atoms with Crippen LogP contribution in [0.15, 0.2) is 11.4 Å². The van der Waals surface area contributed by atoms with Crippen molar-refractivity contribution in [3.8, 4) is 0 Å². The number of thiophene rings is 1. The summed E-state index contributed by atoms with van der Waals surface area (Å²) in [7, 11) is 0. The van der Waals surface area contributed by atoms with E-state index in [-0.39, 0.29) is 5.91 Å². The number of carbonyl (C=O) groups excluding carboxylic acids is 1. The fraction of sp³-hybridized carbons (Fsp3) is 0.667. The predicted octanol–water partition coefficient (Wildman–Crippen LogP) is 1.72. The van der Waals surface area contributed by atoms with Crippen LogP contribution in [-0.4, -0.2) is 53.1 Å². The molecule has 5 heteroatoms. The average molecular weight is 296 g/mol. The van der Waals surface area contributed by atoms with Gasteiger partial charge in [0.1, 0.15) is 0 Å². The van der Waals surface area contributed by atoms with E-state index in [2.05, 4.69) is 37.1 Å². The lowest BCUT2D eigenvalue weighted by Gasteiger charge is -2.23. The molecular weight excluding hydrogens is 272 g/mol. The molecule has 1 aromatic heterocycles. The Bertz CT molecular complexity index is 458. The molecule has 0 bridgehead atoms. The number of carbonyl (C=O) groups is 1. The van der Waals surface area contributed by atoms with Crippen LogP contribution in [0.3, 0.4) is 0 Å². The molecule has 0 aromatic carbocycles. The highest BCUT2D eigenvalue weighted by Crippen LogP contribution is 2.19. The van der Waals surface area contributed by atoms with E-state index in [1.54, 1.807) is 16.2 Å². The number of aliphatic hydroxyl groups is 1. The standard InChI is InChI=1S/C15H24N2O2S/c1-11(2)6-17-8-13(18)7-16(10-15(17)19)9-14-12(3)4-5-20-14/h4-5,11,13,18H,6-10H2,1-3H3. The molecular formula is C15H24N2O2S. The summed E-state index contributed by atoms with van der Waals surface area (Å²) in [5, 5.41) is 12.2. The summed E-state index contributed by atoms with van der Waals surface area (Å²) in [4.78, 5) is 17.4. The molecule has 1 amide bonds. The van der Waals surface area contributed by atoms with Gasteiger partial charge in [0.15, 0.2) is 0 Å². The first kappa shape index (κ1) is 15.5. The monoisotopic (exact) mass is 296 g/mol. The van der Waals surface area contributed by atoms with Crippen LogP contribution in [-0.2, 0) is 11.3 Å². The molecule has 4 nitrogen and oxygen atoms in total. The van der Waals surface area contributed by atoms with E-state index in [0.29, 0.717) is 25.6 Å². The van der Waals surface area contributed by atoms with Crippen LogP contribution >= 0.6 is 11.3 Å². The van der Waals surface area contributed by atoms with Crippen molar-refractivity contribution in [1.29, 1.82) is 0 Å². The van der Waals surface area contributed by atoms with Gasteiger partial charge < -0.3 is 10.0 Å². The second kappa shape index (κ2) is 6.70. The quantitative estimate of drug-likeness (QED) is 0.920. The van der Waals surface area contributed by atoms with Crippen molar-refractivity contribution in [3.05, 3.63) is 21.9 Å². The summed E-state index contributed by atoms with van der Waals surface area (Å²) in [6, 6.07) is 2.10. The maximum absolute atomic E-state index is 12.3. The minimum absolute atomic E-state index is 0.129. The molecule has 20 heavy (non-hydrogen) atoms. The van der Waals surface area contributed by atoms with Gasteiger partial charge in [-0.1, -0.05) is 13.8 Å². The van der Waals surface area contributed by atoms with Crippen LogP contribution in [0.25, 0.3) is 0 Å². The highest BCUT2D eigenvalue weighted by Gasteiger charge is 2.27. The topological polar surface area (TPSA) is 43.8 Å². The highest BCUT2D eigenvalue weighted by atomic mass is 32.1. The Morgan fingerprint density at radius 2 is 2.20 bits per heavy atom. The molecule has 1 aromatic rings. The Balaban J connectivity index is 2.02. The van der Waals surface area contributed by atoms with Crippen LogP contribution in [0.4, 0.5) is 0 Å². The zero-order valence-electron chi connectivity index (χ0n) is 12.5. The SMILES string of the molecule is Cc1ccsc1CN1CC(=O)N(CC(C)C)CC(O)C1. The lowest BCUT2D eigenvalue weighted by atomic mass is 10.2. The van der Waals surface area contributed by atoms with Crippen molar-refractivity contribution >= 4 is 17.2 Å². The minimum Gasteiger partial charge on any atom is -0.390 e. The third kappa shape index (κ3) is 4.04. The normalized spacial score (nSPS) is 21.6. The smallest absolute Gasteiger partial charge is 0.236 e. The Kier molecular flexibility index (Phi) is 5.18. The molecule has 0 aliphatic carbocycles. The molecule has 1 aliphatic heterocycles. The van der Waals surface area contributed by atoms with E-state index < -0.39 is 6.10 Å². The highest BCUT2D eigenvalue weighted by molar-refractivity contribution is 7.10. The molecule has 1 saturated heterocycles. The van der Waals surface area contributed by atoms with Crippen LogP contribution in [0.1, 0.15) is 24.3 Å². The van der Waals surface area contributed by atoms with Crippen molar-refractivity contribution in [1.82, 2.24) is 9.80 Å². The second-order valence-corrected chi connectivity index (χ2v) is 7.04. The van der Waals surface area contributed by atoms with Crippen LogP contribution in [0.2, 0.25) is 0 Å².